The van der Waals surface area contributed by atoms with E-state index in [4.69, 9.17) is 4.74 Å². The molecule has 0 aliphatic carbocycles. The summed E-state index contributed by atoms with van der Waals surface area (Å²) in [5.74, 6) is 1.53. The Kier molecular flexibility index (Phi) is 4.31. The lowest BCUT2D eigenvalue weighted by Gasteiger charge is -2.28. The van der Waals surface area contributed by atoms with Crippen LogP contribution in [0.25, 0.3) is 0 Å². The van der Waals surface area contributed by atoms with Crippen LogP contribution in [0.4, 0.5) is 5.82 Å². The van der Waals surface area contributed by atoms with Crippen molar-refractivity contribution in [2.24, 2.45) is 5.92 Å². The number of ether oxygens (including phenoxy) is 1. The van der Waals surface area contributed by atoms with Crippen LogP contribution < -0.4 is 4.90 Å². The van der Waals surface area contributed by atoms with Gasteiger partial charge in [0, 0.05) is 32.0 Å². The molecule has 1 aromatic rings. The molecule has 0 aromatic carbocycles. The average molecular weight is 248 g/mol. The molecule has 4 nitrogen and oxygen atoms in total. The predicted molar refractivity (Wildman–Crippen MR) is 71.2 cm³/mol. The molecule has 2 heterocycles. The third kappa shape index (κ3) is 3.07. The smallest absolute Gasteiger partial charge is 0.151 e. The normalized spacial score (nSPS) is 19.6. The van der Waals surface area contributed by atoms with E-state index in [1.807, 2.05) is 20.0 Å². The van der Waals surface area contributed by atoms with E-state index >= 15 is 0 Å². The molecule has 18 heavy (non-hydrogen) atoms. The highest BCUT2D eigenvalue weighted by molar-refractivity contribution is 5.75. The van der Waals surface area contributed by atoms with Crippen molar-refractivity contribution >= 4 is 12.1 Å². The van der Waals surface area contributed by atoms with Crippen LogP contribution in [0.5, 0.6) is 0 Å². The minimum Gasteiger partial charge on any atom is -0.381 e. The Labute approximate surface area is 108 Å². The second kappa shape index (κ2) is 5.96. The number of rotatable bonds is 4. The molecule has 1 saturated heterocycles. The van der Waals surface area contributed by atoms with Gasteiger partial charge in [0.25, 0.3) is 0 Å². The first-order valence-corrected chi connectivity index (χ1v) is 6.41. The molecule has 1 atom stereocenters. The third-order valence-corrected chi connectivity index (χ3v) is 3.36. The number of hydrogen-bond donors (Lipinski definition) is 0. The monoisotopic (exact) mass is 248 g/mol. The summed E-state index contributed by atoms with van der Waals surface area (Å²) in [7, 11) is 2.05. The van der Waals surface area contributed by atoms with Crippen LogP contribution in [0.1, 0.15) is 28.8 Å². The highest BCUT2D eigenvalue weighted by Crippen LogP contribution is 2.20. The molecule has 98 valence electrons. The summed E-state index contributed by atoms with van der Waals surface area (Å²) in [4.78, 5) is 17.2. The molecule has 0 saturated carbocycles. The van der Waals surface area contributed by atoms with Gasteiger partial charge in [-0.05, 0) is 37.3 Å². The Morgan fingerprint density at radius 3 is 3.06 bits per heavy atom. The van der Waals surface area contributed by atoms with E-state index in [0.717, 1.165) is 43.8 Å². The molecule has 1 fully saturated rings. The molecular formula is C14H20N2O2. The molecule has 2 rings (SSSR count). The van der Waals surface area contributed by atoms with Gasteiger partial charge in [0.1, 0.15) is 5.82 Å². The molecule has 0 spiro atoms. The van der Waals surface area contributed by atoms with E-state index in [0.29, 0.717) is 11.5 Å². The van der Waals surface area contributed by atoms with Gasteiger partial charge in [0.05, 0.1) is 6.61 Å². The van der Waals surface area contributed by atoms with E-state index in [1.54, 1.807) is 6.20 Å². The first kappa shape index (κ1) is 13.0. The molecule has 0 radical (unpaired) electrons. The van der Waals surface area contributed by atoms with E-state index in [1.165, 1.54) is 6.42 Å². The standard InChI is InChI=1S/C14H20N2O2/c1-11-6-13(9-17)7-15-14(11)16(2)8-12-4-3-5-18-10-12/h6-7,9,12H,3-5,8,10H2,1-2H3. The summed E-state index contributed by atoms with van der Waals surface area (Å²) in [6.45, 7) is 4.68. The summed E-state index contributed by atoms with van der Waals surface area (Å²) >= 11 is 0. The number of hydrogen-bond acceptors (Lipinski definition) is 4. The molecule has 0 bridgehead atoms. The maximum atomic E-state index is 10.7. The summed E-state index contributed by atoms with van der Waals surface area (Å²) in [5.41, 5.74) is 1.67. The largest absolute Gasteiger partial charge is 0.381 e. The number of aryl methyl sites for hydroxylation is 1. The summed E-state index contributed by atoms with van der Waals surface area (Å²) in [5, 5.41) is 0. The second-order valence-corrected chi connectivity index (χ2v) is 4.99. The highest BCUT2D eigenvalue weighted by atomic mass is 16.5. The van der Waals surface area contributed by atoms with Gasteiger partial charge in [-0.1, -0.05) is 0 Å². The van der Waals surface area contributed by atoms with E-state index in [9.17, 15) is 4.79 Å². The fraction of sp³-hybridized carbons (Fsp3) is 0.571. The molecule has 1 unspecified atom stereocenters. The maximum absolute atomic E-state index is 10.7. The fourth-order valence-electron chi connectivity index (χ4n) is 2.48. The van der Waals surface area contributed by atoms with Crippen molar-refractivity contribution in [2.75, 3.05) is 31.7 Å². The van der Waals surface area contributed by atoms with Crippen molar-refractivity contribution in [1.82, 2.24) is 4.98 Å². The Morgan fingerprint density at radius 1 is 1.61 bits per heavy atom. The number of carbonyl (C=O) groups excluding carboxylic acids is 1. The molecule has 0 amide bonds. The van der Waals surface area contributed by atoms with Crippen LogP contribution in [0.3, 0.4) is 0 Å². The van der Waals surface area contributed by atoms with Crippen LogP contribution in [0, 0.1) is 12.8 Å². The number of pyridine rings is 1. The number of nitrogens with zero attached hydrogens (tertiary/aromatic N) is 2. The molecule has 1 aliphatic rings. The van der Waals surface area contributed by atoms with Crippen molar-refractivity contribution in [2.45, 2.75) is 19.8 Å². The van der Waals surface area contributed by atoms with Gasteiger partial charge in [-0.25, -0.2) is 4.98 Å². The predicted octanol–water partition coefficient (Wildman–Crippen LogP) is 2.07. The Hall–Kier alpha value is -1.42. The van der Waals surface area contributed by atoms with Crippen LogP contribution >= 0.6 is 0 Å². The van der Waals surface area contributed by atoms with Crippen LogP contribution in [-0.4, -0.2) is 38.1 Å². The van der Waals surface area contributed by atoms with Gasteiger partial charge < -0.3 is 9.64 Å². The van der Waals surface area contributed by atoms with Crippen molar-refractivity contribution in [1.29, 1.82) is 0 Å². The van der Waals surface area contributed by atoms with Gasteiger partial charge in [-0.2, -0.15) is 0 Å². The van der Waals surface area contributed by atoms with Crippen molar-refractivity contribution < 1.29 is 9.53 Å². The number of carbonyl (C=O) groups is 1. The highest BCUT2D eigenvalue weighted by Gasteiger charge is 2.17. The zero-order valence-electron chi connectivity index (χ0n) is 11.1. The Balaban J connectivity index is 2.03. The van der Waals surface area contributed by atoms with Crippen molar-refractivity contribution in [3.05, 3.63) is 23.4 Å². The van der Waals surface area contributed by atoms with E-state index < -0.39 is 0 Å². The van der Waals surface area contributed by atoms with Gasteiger partial charge in [-0.15, -0.1) is 0 Å². The van der Waals surface area contributed by atoms with Gasteiger partial charge in [0.15, 0.2) is 6.29 Å². The summed E-state index contributed by atoms with van der Waals surface area (Å²) in [6.07, 6.45) is 4.83. The van der Waals surface area contributed by atoms with E-state index in [2.05, 4.69) is 9.88 Å². The molecule has 4 heteroatoms. The lowest BCUT2D eigenvalue weighted by molar-refractivity contribution is 0.0576. The summed E-state index contributed by atoms with van der Waals surface area (Å²) < 4.78 is 5.49. The molecule has 0 N–H and O–H groups in total. The van der Waals surface area contributed by atoms with Gasteiger partial charge >= 0.3 is 0 Å². The number of aldehydes is 1. The zero-order valence-corrected chi connectivity index (χ0v) is 11.1. The van der Waals surface area contributed by atoms with Crippen LogP contribution in [-0.2, 0) is 4.74 Å². The van der Waals surface area contributed by atoms with Crippen molar-refractivity contribution in [3.63, 3.8) is 0 Å². The molecule has 1 aromatic heterocycles. The number of aromatic nitrogens is 1. The maximum Gasteiger partial charge on any atom is 0.151 e. The third-order valence-electron chi connectivity index (χ3n) is 3.36. The van der Waals surface area contributed by atoms with Crippen LogP contribution in [0.15, 0.2) is 12.3 Å². The lowest BCUT2D eigenvalue weighted by atomic mass is 10.0. The first-order valence-electron chi connectivity index (χ1n) is 6.41. The quantitative estimate of drug-likeness (QED) is 0.765. The van der Waals surface area contributed by atoms with E-state index in [-0.39, 0.29) is 0 Å². The Bertz CT molecular complexity index is 414. The van der Waals surface area contributed by atoms with Gasteiger partial charge in [0.2, 0.25) is 0 Å². The Morgan fingerprint density at radius 2 is 2.44 bits per heavy atom. The molecule has 1 aliphatic heterocycles. The average Bonchev–Trinajstić information content (AvgIpc) is 2.39. The number of anilines is 1. The minimum atomic E-state index is 0.579. The lowest BCUT2D eigenvalue weighted by Crippen LogP contribution is -2.31. The second-order valence-electron chi connectivity index (χ2n) is 4.99. The fourth-order valence-corrected chi connectivity index (χ4v) is 2.48. The minimum absolute atomic E-state index is 0.579. The van der Waals surface area contributed by atoms with Crippen molar-refractivity contribution in [3.8, 4) is 0 Å². The van der Waals surface area contributed by atoms with Crippen LogP contribution in [0.2, 0.25) is 0 Å². The SMILES string of the molecule is Cc1cc(C=O)cnc1N(C)CC1CCCOC1. The topological polar surface area (TPSA) is 42.4 Å². The molecular weight excluding hydrogens is 228 g/mol. The van der Waals surface area contributed by atoms with Gasteiger partial charge in [-0.3, -0.25) is 4.79 Å². The first-order chi connectivity index (χ1) is 8.70. The summed E-state index contributed by atoms with van der Waals surface area (Å²) in [6, 6.07) is 1.88. The zero-order chi connectivity index (χ0) is 13.0.